The first-order valence-corrected chi connectivity index (χ1v) is 9.26. The van der Waals surface area contributed by atoms with E-state index in [1.807, 2.05) is 0 Å². The van der Waals surface area contributed by atoms with E-state index in [2.05, 4.69) is 21.8 Å². The van der Waals surface area contributed by atoms with Crippen molar-refractivity contribution in [2.24, 2.45) is 5.10 Å². The van der Waals surface area contributed by atoms with Crippen molar-refractivity contribution >= 4 is 23.7 Å². The number of benzene rings is 2. The van der Waals surface area contributed by atoms with Gasteiger partial charge in [0.1, 0.15) is 6.61 Å². The van der Waals surface area contributed by atoms with E-state index in [0.717, 1.165) is 12.1 Å². The molecule has 0 aromatic heterocycles. The Hall–Kier alpha value is -4.00. The van der Waals surface area contributed by atoms with Gasteiger partial charge in [-0.25, -0.2) is 5.43 Å². The van der Waals surface area contributed by atoms with Gasteiger partial charge in [-0.3, -0.25) is 9.59 Å². The molecule has 0 fully saturated rings. The second-order valence-corrected chi connectivity index (χ2v) is 6.32. The molecule has 0 saturated heterocycles. The van der Waals surface area contributed by atoms with Crippen LogP contribution in [0.15, 0.2) is 47.6 Å². The van der Waals surface area contributed by atoms with Crippen LogP contribution in [0.3, 0.4) is 0 Å². The van der Waals surface area contributed by atoms with Gasteiger partial charge >= 0.3 is 6.18 Å². The van der Waals surface area contributed by atoms with E-state index >= 15 is 0 Å². The summed E-state index contributed by atoms with van der Waals surface area (Å²) in [5.74, 6) is 2.09. The molecule has 32 heavy (non-hydrogen) atoms. The van der Waals surface area contributed by atoms with E-state index in [9.17, 15) is 22.8 Å². The van der Waals surface area contributed by atoms with E-state index in [1.54, 1.807) is 18.2 Å². The molecule has 0 radical (unpaired) electrons. The minimum absolute atomic E-state index is 0.00753. The molecule has 0 aliphatic rings. The molecule has 2 aromatic rings. The van der Waals surface area contributed by atoms with Gasteiger partial charge in [0.15, 0.2) is 11.5 Å². The highest BCUT2D eigenvalue weighted by Crippen LogP contribution is 2.30. The number of anilines is 1. The molecule has 0 aliphatic carbocycles. The summed E-state index contributed by atoms with van der Waals surface area (Å²) in [5.41, 5.74) is 1.99. The maximum absolute atomic E-state index is 12.7. The fourth-order valence-electron chi connectivity index (χ4n) is 2.46. The predicted octanol–water partition coefficient (Wildman–Crippen LogP) is 3.60. The van der Waals surface area contributed by atoms with Crippen LogP contribution in [0.5, 0.6) is 11.5 Å². The Kier molecular flexibility index (Phi) is 8.65. The van der Waals surface area contributed by atoms with E-state index in [0.29, 0.717) is 17.1 Å². The molecule has 0 saturated carbocycles. The first-order valence-electron chi connectivity index (χ1n) is 9.26. The number of terminal acetylenes is 1. The minimum atomic E-state index is -4.52. The number of nitrogens with one attached hydrogen (secondary N) is 2. The zero-order chi connectivity index (χ0) is 23.6. The molecule has 2 N–H and O–H groups in total. The van der Waals surface area contributed by atoms with Crippen molar-refractivity contribution in [1.29, 1.82) is 0 Å². The molecule has 10 heteroatoms. The molecule has 0 aliphatic heterocycles. The van der Waals surface area contributed by atoms with Crippen LogP contribution in [0.1, 0.15) is 24.0 Å². The molecule has 0 atom stereocenters. The van der Waals surface area contributed by atoms with E-state index in [-0.39, 0.29) is 25.1 Å². The van der Waals surface area contributed by atoms with Crippen LogP contribution >= 0.6 is 0 Å². The maximum atomic E-state index is 12.7. The third kappa shape index (κ3) is 7.68. The number of halogens is 3. The van der Waals surface area contributed by atoms with Crippen molar-refractivity contribution in [3.63, 3.8) is 0 Å². The van der Waals surface area contributed by atoms with Crippen molar-refractivity contribution in [2.45, 2.75) is 19.0 Å². The van der Waals surface area contributed by atoms with Crippen molar-refractivity contribution in [3.05, 3.63) is 53.6 Å². The monoisotopic (exact) mass is 447 g/mol. The lowest BCUT2D eigenvalue weighted by Gasteiger charge is -2.09. The summed E-state index contributed by atoms with van der Waals surface area (Å²) in [6, 6.07) is 9.17. The lowest BCUT2D eigenvalue weighted by Crippen LogP contribution is -2.20. The van der Waals surface area contributed by atoms with Crippen molar-refractivity contribution in [2.75, 3.05) is 19.0 Å². The number of carbonyl (C=O) groups is 2. The molecule has 2 aromatic carbocycles. The normalized spacial score (nSPS) is 11.0. The smallest absolute Gasteiger partial charge is 0.416 e. The summed E-state index contributed by atoms with van der Waals surface area (Å²) in [6.45, 7) is 0.0845. The highest BCUT2D eigenvalue weighted by Gasteiger charge is 2.30. The summed E-state index contributed by atoms with van der Waals surface area (Å²) >= 11 is 0. The average Bonchev–Trinajstić information content (AvgIpc) is 2.76. The van der Waals surface area contributed by atoms with Gasteiger partial charge in [-0.2, -0.15) is 18.3 Å². The Morgan fingerprint density at radius 1 is 1.12 bits per heavy atom. The number of amides is 2. The Bertz CT molecular complexity index is 1030. The Morgan fingerprint density at radius 3 is 2.56 bits per heavy atom. The van der Waals surface area contributed by atoms with Gasteiger partial charge < -0.3 is 14.8 Å². The standard InChI is InChI=1S/C22H20F3N3O4/c1-3-11-32-18-8-7-15(12-19(18)31-2)14-26-28-21(30)10-9-20(29)27-17-6-4-5-16(13-17)22(23,24)25/h1,4-8,12-14H,9-11H2,2H3,(H,27,29)(H,28,30). The number of nitrogens with zero attached hydrogens (tertiary/aromatic N) is 1. The van der Waals surface area contributed by atoms with Crippen LogP contribution in [-0.2, 0) is 15.8 Å². The largest absolute Gasteiger partial charge is 0.493 e. The average molecular weight is 447 g/mol. The van der Waals surface area contributed by atoms with Gasteiger partial charge in [-0.05, 0) is 42.0 Å². The number of rotatable bonds is 9. The molecule has 0 bridgehead atoms. The topological polar surface area (TPSA) is 89.0 Å². The zero-order valence-electron chi connectivity index (χ0n) is 17.0. The molecule has 2 amide bonds. The Balaban J connectivity index is 1.83. The van der Waals surface area contributed by atoms with Gasteiger partial charge in [0.2, 0.25) is 11.8 Å². The Morgan fingerprint density at radius 2 is 1.88 bits per heavy atom. The van der Waals surface area contributed by atoms with Gasteiger partial charge in [0.25, 0.3) is 0 Å². The van der Waals surface area contributed by atoms with E-state index in [4.69, 9.17) is 15.9 Å². The van der Waals surface area contributed by atoms with Crippen LogP contribution < -0.4 is 20.2 Å². The zero-order valence-corrected chi connectivity index (χ0v) is 17.0. The third-order valence-electron chi connectivity index (χ3n) is 3.95. The van der Waals surface area contributed by atoms with Crippen molar-refractivity contribution in [3.8, 4) is 23.8 Å². The second kappa shape index (κ2) is 11.4. The van der Waals surface area contributed by atoms with Crippen LogP contribution in [0.2, 0.25) is 0 Å². The van der Waals surface area contributed by atoms with E-state index in [1.165, 1.54) is 25.5 Å². The van der Waals surface area contributed by atoms with Crippen molar-refractivity contribution < 1.29 is 32.2 Å². The summed E-state index contributed by atoms with van der Waals surface area (Å²) < 4.78 is 48.7. The summed E-state index contributed by atoms with van der Waals surface area (Å²) in [7, 11) is 1.46. The number of hydrazone groups is 1. The van der Waals surface area contributed by atoms with Gasteiger partial charge in [0.05, 0.1) is 18.9 Å². The van der Waals surface area contributed by atoms with Crippen LogP contribution in [0, 0.1) is 12.3 Å². The first-order chi connectivity index (χ1) is 15.2. The first kappa shape index (κ1) is 24.3. The van der Waals surface area contributed by atoms with Gasteiger partial charge in [-0.1, -0.05) is 12.0 Å². The highest BCUT2D eigenvalue weighted by molar-refractivity contribution is 5.93. The fourth-order valence-corrected chi connectivity index (χ4v) is 2.46. The van der Waals surface area contributed by atoms with Gasteiger partial charge in [-0.15, -0.1) is 6.42 Å². The second-order valence-electron chi connectivity index (χ2n) is 6.32. The predicted molar refractivity (Wildman–Crippen MR) is 112 cm³/mol. The van der Waals surface area contributed by atoms with Gasteiger partial charge in [0, 0.05) is 18.5 Å². The number of ether oxygens (including phenoxy) is 2. The summed E-state index contributed by atoms with van der Waals surface area (Å²) in [4.78, 5) is 23.8. The van der Waals surface area contributed by atoms with E-state index < -0.39 is 23.6 Å². The molecular formula is C22H20F3N3O4. The van der Waals surface area contributed by atoms with Crippen LogP contribution in [0.4, 0.5) is 18.9 Å². The number of methoxy groups -OCH3 is 1. The number of alkyl halides is 3. The molecule has 0 heterocycles. The molecular weight excluding hydrogens is 427 g/mol. The molecule has 0 unspecified atom stereocenters. The van der Waals surface area contributed by atoms with Crippen LogP contribution in [-0.4, -0.2) is 31.7 Å². The maximum Gasteiger partial charge on any atom is 0.416 e. The third-order valence-corrected chi connectivity index (χ3v) is 3.95. The summed E-state index contributed by atoms with van der Waals surface area (Å²) in [5, 5.41) is 6.13. The number of hydrogen-bond acceptors (Lipinski definition) is 5. The Labute approximate surface area is 182 Å². The fraction of sp³-hybridized carbons (Fsp3) is 0.227. The highest BCUT2D eigenvalue weighted by atomic mass is 19.4. The number of hydrogen-bond donors (Lipinski definition) is 2. The SMILES string of the molecule is C#CCOc1ccc(C=NNC(=O)CCC(=O)Nc2cccc(C(F)(F)F)c2)cc1OC. The minimum Gasteiger partial charge on any atom is -0.493 e. The molecule has 168 valence electrons. The lowest BCUT2D eigenvalue weighted by atomic mass is 10.2. The van der Waals surface area contributed by atoms with Crippen LogP contribution in [0.25, 0.3) is 0 Å². The molecule has 7 nitrogen and oxygen atoms in total. The summed E-state index contributed by atoms with van der Waals surface area (Å²) in [6.07, 6.45) is 1.57. The number of carbonyl (C=O) groups excluding carboxylic acids is 2. The lowest BCUT2D eigenvalue weighted by molar-refractivity contribution is -0.137. The molecule has 2 rings (SSSR count). The quantitative estimate of drug-likeness (QED) is 0.349. The molecule has 0 spiro atoms. The van der Waals surface area contributed by atoms with Crippen molar-refractivity contribution in [1.82, 2.24) is 5.43 Å².